The summed E-state index contributed by atoms with van der Waals surface area (Å²) in [5.41, 5.74) is 1.34. The number of hydrogen-bond acceptors (Lipinski definition) is 2. The first kappa shape index (κ1) is 17.0. The minimum Gasteiger partial charge on any atom is -0.490 e. The molecule has 0 radical (unpaired) electrons. The Bertz CT molecular complexity index is 577. The second kappa shape index (κ2) is 10.4. The molecule has 0 unspecified atom stereocenters. The van der Waals surface area contributed by atoms with E-state index in [1.54, 1.807) is 0 Å². The summed E-state index contributed by atoms with van der Waals surface area (Å²) < 4.78 is 5.64. The summed E-state index contributed by atoms with van der Waals surface area (Å²) in [4.78, 5) is 2.39. The SMILES string of the molecule is C=CCN(CC/C=C\COc1ccccc1)Cc1ccccc1. The molecule has 0 N–H and O–H groups in total. The third-order valence-corrected chi connectivity index (χ3v) is 3.50. The normalized spacial score (nSPS) is 11.0. The van der Waals surface area contributed by atoms with Crippen LogP contribution in [0.15, 0.2) is 85.5 Å². The number of para-hydroxylation sites is 1. The van der Waals surface area contributed by atoms with Gasteiger partial charge in [0.25, 0.3) is 0 Å². The van der Waals surface area contributed by atoms with E-state index in [0.717, 1.165) is 31.8 Å². The second-order valence-electron chi connectivity index (χ2n) is 5.39. The summed E-state index contributed by atoms with van der Waals surface area (Å²) in [5.74, 6) is 0.912. The van der Waals surface area contributed by atoms with Gasteiger partial charge in [0.2, 0.25) is 0 Å². The number of hydrogen-bond donors (Lipinski definition) is 0. The van der Waals surface area contributed by atoms with Crippen molar-refractivity contribution >= 4 is 0 Å². The standard InChI is InChI=1S/C21H25NO/c1-2-16-22(19-20-12-6-3-7-13-20)17-10-5-11-18-23-21-14-8-4-9-15-21/h2-9,11-15H,1,10,16-19H2/b11-5-. The fourth-order valence-electron chi connectivity index (χ4n) is 2.36. The minimum atomic E-state index is 0.615. The molecule has 0 saturated heterocycles. The van der Waals surface area contributed by atoms with Crippen molar-refractivity contribution in [2.45, 2.75) is 13.0 Å². The van der Waals surface area contributed by atoms with E-state index < -0.39 is 0 Å². The molecule has 2 nitrogen and oxygen atoms in total. The van der Waals surface area contributed by atoms with Crippen LogP contribution in [0.3, 0.4) is 0 Å². The Morgan fingerprint density at radius 1 is 0.913 bits per heavy atom. The molecule has 0 fully saturated rings. The Morgan fingerprint density at radius 2 is 1.61 bits per heavy atom. The van der Waals surface area contributed by atoms with E-state index in [4.69, 9.17) is 4.74 Å². The van der Waals surface area contributed by atoms with Crippen LogP contribution in [-0.2, 0) is 6.54 Å². The lowest BCUT2D eigenvalue weighted by molar-refractivity contribution is 0.300. The monoisotopic (exact) mass is 307 g/mol. The Morgan fingerprint density at radius 3 is 2.30 bits per heavy atom. The van der Waals surface area contributed by atoms with Gasteiger partial charge in [-0.1, -0.05) is 66.8 Å². The predicted octanol–water partition coefficient (Wildman–Crippen LogP) is 4.70. The molecule has 120 valence electrons. The smallest absolute Gasteiger partial charge is 0.119 e. The number of rotatable bonds is 10. The van der Waals surface area contributed by atoms with Crippen molar-refractivity contribution in [3.8, 4) is 5.75 Å². The molecule has 0 aliphatic heterocycles. The zero-order chi connectivity index (χ0) is 16.2. The molecule has 2 heteroatoms. The molecule has 0 bridgehead atoms. The third kappa shape index (κ3) is 6.98. The molecule has 0 amide bonds. The molecule has 23 heavy (non-hydrogen) atoms. The van der Waals surface area contributed by atoms with Crippen molar-refractivity contribution in [2.75, 3.05) is 19.7 Å². The molecule has 2 aromatic carbocycles. The highest BCUT2D eigenvalue weighted by Crippen LogP contribution is 2.08. The fourth-order valence-corrected chi connectivity index (χ4v) is 2.36. The topological polar surface area (TPSA) is 12.5 Å². The van der Waals surface area contributed by atoms with Crippen LogP contribution in [-0.4, -0.2) is 24.6 Å². The second-order valence-corrected chi connectivity index (χ2v) is 5.39. The molecule has 0 heterocycles. The lowest BCUT2D eigenvalue weighted by atomic mass is 10.2. The van der Waals surface area contributed by atoms with Crippen molar-refractivity contribution < 1.29 is 4.74 Å². The molecular formula is C21H25NO. The maximum Gasteiger partial charge on any atom is 0.119 e. The summed E-state index contributed by atoms with van der Waals surface area (Å²) in [6, 6.07) is 20.5. The summed E-state index contributed by atoms with van der Waals surface area (Å²) in [6.45, 7) is 7.35. The van der Waals surface area contributed by atoms with Gasteiger partial charge in [0.05, 0.1) is 0 Å². The zero-order valence-corrected chi connectivity index (χ0v) is 13.6. The molecule has 0 aliphatic rings. The van der Waals surface area contributed by atoms with Crippen LogP contribution in [0.4, 0.5) is 0 Å². The quantitative estimate of drug-likeness (QED) is 0.590. The Labute approximate surface area is 139 Å². The molecule has 0 saturated carbocycles. The highest BCUT2D eigenvalue weighted by Gasteiger charge is 2.02. The van der Waals surface area contributed by atoms with E-state index in [1.807, 2.05) is 36.4 Å². The maximum atomic E-state index is 5.64. The highest BCUT2D eigenvalue weighted by atomic mass is 16.5. The zero-order valence-electron chi connectivity index (χ0n) is 13.6. The predicted molar refractivity (Wildman–Crippen MR) is 97.6 cm³/mol. The van der Waals surface area contributed by atoms with Crippen LogP contribution in [0.5, 0.6) is 5.75 Å². The average molecular weight is 307 g/mol. The van der Waals surface area contributed by atoms with Gasteiger partial charge in [-0.25, -0.2) is 0 Å². The van der Waals surface area contributed by atoms with Gasteiger partial charge in [0.1, 0.15) is 12.4 Å². The Kier molecular flexibility index (Phi) is 7.72. The van der Waals surface area contributed by atoms with Crippen molar-refractivity contribution in [1.82, 2.24) is 4.90 Å². The van der Waals surface area contributed by atoms with Gasteiger partial charge >= 0.3 is 0 Å². The summed E-state index contributed by atoms with van der Waals surface area (Å²) in [6.07, 6.45) is 7.25. The first-order valence-electron chi connectivity index (χ1n) is 8.08. The molecular weight excluding hydrogens is 282 g/mol. The van der Waals surface area contributed by atoms with Crippen LogP contribution in [0, 0.1) is 0 Å². The van der Waals surface area contributed by atoms with Crippen LogP contribution in [0.1, 0.15) is 12.0 Å². The fraction of sp³-hybridized carbons (Fsp3) is 0.238. The summed E-state index contributed by atoms with van der Waals surface area (Å²) in [5, 5.41) is 0. The number of benzene rings is 2. The van der Waals surface area contributed by atoms with Gasteiger partial charge in [-0.05, 0) is 24.1 Å². The van der Waals surface area contributed by atoms with Crippen molar-refractivity contribution in [2.24, 2.45) is 0 Å². The van der Waals surface area contributed by atoms with Crippen molar-refractivity contribution in [3.63, 3.8) is 0 Å². The van der Waals surface area contributed by atoms with Crippen molar-refractivity contribution in [1.29, 1.82) is 0 Å². The average Bonchev–Trinajstić information content (AvgIpc) is 2.60. The molecule has 0 aliphatic carbocycles. The van der Waals surface area contributed by atoms with Crippen LogP contribution < -0.4 is 4.74 Å². The first-order valence-corrected chi connectivity index (χ1v) is 8.08. The van der Waals surface area contributed by atoms with Crippen LogP contribution in [0.25, 0.3) is 0 Å². The van der Waals surface area contributed by atoms with Gasteiger partial charge in [-0.3, -0.25) is 4.90 Å². The minimum absolute atomic E-state index is 0.615. The lowest BCUT2D eigenvalue weighted by Crippen LogP contribution is -2.24. The number of nitrogens with zero attached hydrogens (tertiary/aromatic N) is 1. The van der Waals surface area contributed by atoms with E-state index in [2.05, 4.69) is 54.0 Å². The van der Waals surface area contributed by atoms with Crippen LogP contribution >= 0.6 is 0 Å². The lowest BCUT2D eigenvalue weighted by Gasteiger charge is -2.19. The van der Waals surface area contributed by atoms with Gasteiger partial charge in [-0.15, -0.1) is 6.58 Å². The van der Waals surface area contributed by atoms with Gasteiger partial charge in [0, 0.05) is 19.6 Å². The van der Waals surface area contributed by atoms with E-state index in [1.165, 1.54) is 5.56 Å². The molecule has 0 spiro atoms. The van der Waals surface area contributed by atoms with E-state index in [0.29, 0.717) is 6.61 Å². The highest BCUT2D eigenvalue weighted by molar-refractivity contribution is 5.21. The Balaban J connectivity index is 1.69. The summed E-state index contributed by atoms with van der Waals surface area (Å²) >= 11 is 0. The third-order valence-electron chi connectivity index (χ3n) is 3.50. The summed E-state index contributed by atoms with van der Waals surface area (Å²) in [7, 11) is 0. The molecule has 2 aromatic rings. The van der Waals surface area contributed by atoms with E-state index >= 15 is 0 Å². The maximum absolute atomic E-state index is 5.64. The first-order chi connectivity index (χ1) is 11.4. The van der Waals surface area contributed by atoms with E-state index in [9.17, 15) is 0 Å². The molecule has 2 rings (SSSR count). The van der Waals surface area contributed by atoms with E-state index in [-0.39, 0.29) is 0 Å². The molecule has 0 aromatic heterocycles. The van der Waals surface area contributed by atoms with Gasteiger partial charge < -0.3 is 4.74 Å². The largest absolute Gasteiger partial charge is 0.490 e. The van der Waals surface area contributed by atoms with Crippen molar-refractivity contribution in [3.05, 3.63) is 91.0 Å². The number of ether oxygens (including phenoxy) is 1. The van der Waals surface area contributed by atoms with Gasteiger partial charge in [-0.2, -0.15) is 0 Å². The molecule has 0 atom stereocenters. The van der Waals surface area contributed by atoms with Gasteiger partial charge in [0.15, 0.2) is 0 Å². The van der Waals surface area contributed by atoms with Crippen LogP contribution in [0.2, 0.25) is 0 Å². The Hall–Kier alpha value is -2.32.